The third kappa shape index (κ3) is 8.60. The zero-order valence-electron chi connectivity index (χ0n) is 31.9. The van der Waals surface area contributed by atoms with Gasteiger partial charge in [-0.3, -0.25) is 9.58 Å². The van der Waals surface area contributed by atoms with E-state index in [-0.39, 0.29) is 11.9 Å². The van der Waals surface area contributed by atoms with Crippen LogP contribution >= 0.6 is 0 Å². The van der Waals surface area contributed by atoms with E-state index in [1.54, 1.807) is 11.7 Å². The standard InChI is InChI=1S/C44H50FN5O4/c1-30-26-50(43(51)54-44(2,3)4)25-22-34(30)27-49-23-20-33(21-24-49)35-16-17-36-40(47-48(5)41(36)39(35)45)37-18-19-38(52-28-31-12-8-6-9-13-31)46-42(37)53-29-32-14-10-7-11-15-32/h6-20,30,34H,21-29H2,1-5H3/t30-,34-/m0/s1. The number of piperidine rings is 1. The van der Waals surface area contributed by atoms with Crippen molar-refractivity contribution in [3.8, 4) is 23.0 Å². The van der Waals surface area contributed by atoms with Crippen molar-refractivity contribution in [2.24, 2.45) is 18.9 Å². The van der Waals surface area contributed by atoms with Crippen molar-refractivity contribution in [1.29, 1.82) is 0 Å². The van der Waals surface area contributed by atoms with Gasteiger partial charge in [0.1, 0.15) is 30.0 Å². The van der Waals surface area contributed by atoms with Gasteiger partial charge in [0, 0.05) is 56.8 Å². The topological polar surface area (TPSA) is 82.0 Å². The number of aromatic nitrogens is 3. The number of carbonyl (C=O) groups excluding carboxylic acids is 1. The number of likely N-dealkylation sites (tertiary alicyclic amines) is 1. The van der Waals surface area contributed by atoms with Crippen molar-refractivity contribution in [2.45, 2.75) is 59.4 Å². The van der Waals surface area contributed by atoms with E-state index >= 15 is 4.39 Å². The van der Waals surface area contributed by atoms with Crippen molar-refractivity contribution in [2.75, 3.05) is 32.7 Å². The summed E-state index contributed by atoms with van der Waals surface area (Å²) in [4.78, 5) is 21.7. The highest BCUT2D eigenvalue weighted by molar-refractivity contribution is 5.96. The first kappa shape index (κ1) is 37.1. The molecule has 10 heteroatoms. The van der Waals surface area contributed by atoms with Gasteiger partial charge in [0.05, 0.1) is 5.56 Å². The molecule has 0 saturated carbocycles. The molecule has 0 unspecified atom stereocenters. The summed E-state index contributed by atoms with van der Waals surface area (Å²) in [7, 11) is 1.78. The van der Waals surface area contributed by atoms with E-state index in [1.807, 2.05) is 111 Å². The lowest BCUT2D eigenvalue weighted by Crippen LogP contribution is -2.47. The zero-order chi connectivity index (χ0) is 37.8. The number of ether oxygens (including phenoxy) is 3. The Balaban J connectivity index is 1.07. The summed E-state index contributed by atoms with van der Waals surface area (Å²) in [5, 5.41) is 5.51. The fraction of sp³-hybridized carbons (Fsp3) is 0.386. The molecule has 2 atom stereocenters. The van der Waals surface area contributed by atoms with Gasteiger partial charge in [0.2, 0.25) is 11.8 Å². The Hall–Kier alpha value is -5.22. The van der Waals surface area contributed by atoms with Crippen LogP contribution in [0.5, 0.6) is 11.8 Å². The van der Waals surface area contributed by atoms with Crippen LogP contribution in [0.15, 0.2) is 91.0 Å². The van der Waals surface area contributed by atoms with E-state index in [9.17, 15) is 4.79 Å². The Morgan fingerprint density at radius 1 is 0.889 bits per heavy atom. The summed E-state index contributed by atoms with van der Waals surface area (Å²) in [6.45, 7) is 12.6. The molecule has 9 nitrogen and oxygen atoms in total. The number of aryl methyl sites for hydroxylation is 1. The summed E-state index contributed by atoms with van der Waals surface area (Å²) >= 11 is 0. The van der Waals surface area contributed by atoms with Crippen molar-refractivity contribution in [3.63, 3.8) is 0 Å². The maximum Gasteiger partial charge on any atom is 0.410 e. The summed E-state index contributed by atoms with van der Waals surface area (Å²) in [6.07, 6.45) is 3.64. The second kappa shape index (κ2) is 16.0. The normalized spacial score (nSPS) is 18.0. The summed E-state index contributed by atoms with van der Waals surface area (Å²) in [5.41, 5.74) is 4.85. The minimum atomic E-state index is -0.498. The van der Waals surface area contributed by atoms with Gasteiger partial charge < -0.3 is 19.1 Å². The van der Waals surface area contributed by atoms with Crippen molar-refractivity contribution in [1.82, 2.24) is 24.6 Å². The quantitative estimate of drug-likeness (QED) is 0.142. The molecule has 2 aliphatic rings. The molecule has 1 fully saturated rings. The number of nitrogens with zero attached hydrogens (tertiary/aromatic N) is 5. The number of carbonyl (C=O) groups is 1. The lowest BCUT2D eigenvalue weighted by atomic mass is 9.86. The van der Waals surface area contributed by atoms with Crippen LogP contribution in [-0.4, -0.2) is 69.0 Å². The van der Waals surface area contributed by atoms with Crippen molar-refractivity contribution >= 4 is 22.6 Å². The number of fused-ring (bicyclic) bond motifs is 1. The molecule has 0 radical (unpaired) electrons. The highest BCUT2D eigenvalue weighted by atomic mass is 19.1. The van der Waals surface area contributed by atoms with Gasteiger partial charge in [-0.2, -0.15) is 10.1 Å². The van der Waals surface area contributed by atoms with Crippen LogP contribution in [0.3, 0.4) is 0 Å². The Morgan fingerprint density at radius 2 is 1.57 bits per heavy atom. The molecule has 2 aromatic heterocycles. The van der Waals surface area contributed by atoms with Crippen LogP contribution in [0, 0.1) is 17.7 Å². The third-order valence-electron chi connectivity index (χ3n) is 10.3. The molecular formula is C44H50FN5O4. The Labute approximate surface area is 317 Å². The molecule has 0 spiro atoms. The van der Waals surface area contributed by atoms with E-state index in [1.165, 1.54) is 0 Å². The number of benzene rings is 3. The fourth-order valence-corrected chi connectivity index (χ4v) is 7.44. The number of halogens is 1. The second-order valence-electron chi connectivity index (χ2n) is 15.5. The average molecular weight is 732 g/mol. The van der Waals surface area contributed by atoms with Crippen LogP contribution in [-0.2, 0) is 25.0 Å². The molecular weight excluding hydrogens is 682 g/mol. The van der Waals surface area contributed by atoms with Gasteiger partial charge in [-0.15, -0.1) is 0 Å². The van der Waals surface area contributed by atoms with E-state index in [2.05, 4.69) is 17.9 Å². The van der Waals surface area contributed by atoms with E-state index in [0.29, 0.717) is 77.6 Å². The Kier molecular flexibility index (Phi) is 11.0. The first-order valence-electron chi connectivity index (χ1n) is 18.9. The Morgan fingerprint density at radius 3 is 2.22 bits per heavy atom. The molecule has 1 amide bonds. The van der Waals surface area contributed by atoms with Crippen LogP contribution in [0.2, 0.25) is 0 Å². The van der Waals surface area contributed by atoms with Gasteiger partial charge in [-0.05, 0) is 74.3 Å². The van der Waals surface area contributed by atoms with Crippen molar-refractivity contribution in [3.05, 3.63) is 114 Å². The number of pyridine rings is 1. The fourth-order valence-electron chi connectivity index (χ4n) is 7.44. The maximum absolute atomic E-state index is 16.5. The lowest BCUT2D eigenvalue weighted by molar-refractivity contribution is 0.00920. The van der Waals surface area contributed by atoms with E-state index in [0.717, 1.165) is 49.2 Å². The average Bonchev–Trinajstić information content (AvgIpc) is 3.51. The highest BCUT2D eigenvalue weighted by Gasteiger charge is 2.33. The molecule has 7 rings (SSSR count). The molecule has 3 aromatic carbocycles. The molecule has 0 N–H and O–H groups in total. The number of rotatable bonds is 10. The predicted molar refractivity (Wildman–Crippen MR) is 210 cm³/mol. The zero-order valence-corrected chi connectivity index (χ0v) is 31.9. The first-order chi connectivity index (χ1) is 26.0. The molecule has 5 aromatic rings. The number of hydrogen-bond donors (Lipinski definition) is 0. The summed E-state index contributed by atoms with van der Waals surface area (Å²) in [5.74, 6) is 1.37. The molecule has 54 heavy (non-hydrogen) atoms. The van der Waals surface area contributed by atoms with Gasteiger partial charge in [-0.25, -0.2) is 9.18 Å². The minimum absolute atomic E-state index is 0.228. The SMILES string of the molecule is C[C@H]1CN(C(=O)OC(C)(C)C)CC[C@H]1CN1CC=C(c2ccc3c(-c4ccc(OCc5ccccc5)nc4OCc4ccccc4)nn(C)c3c2F)CC1. The van der Waals surface area contributed by atoms with E-state index in [4.69, 9.17) is 24.3 Å². The first-order valence-corrected chi connectivity index (χ1v) is 18.9. The van der Waals surface area contributed by atoms with Gasteiger partial charge in [0.15, 0.2) is 5.82 Å². The highest BCUT2D eigenvalue weighted by Crippen LogP contribution is 2.38. The summed E-state index contributed by atoms with van der Waals surface area (Å²) < 4.78 is 36.1. The largest absolute Gasteiger partial charge is 0.473 e. The molecule has 282 valence electrons. The van der Waals surface area contributed by atoms with Crippen LogP contribution in [0.1, 0.15) is 57.2 Å². The summed E-state index contributed by atoms with van der Waals surface area (Å²) in [6, 6.07) is 27.4. The number of amides is 1. The number of hydrogen-bond acceptors (Lipinski definition) is 7. The third-order valence-corrected chi connectivity index (χ3v) is 10.3. The smallest absolute Gasteiger partial charge is 0.410 e. The molecule has 0 aliphatic carbocycles. The van der Waals surface area contributed by atoms with Crippen LogP contribution < -0.4 is 9.47 Å². The minimum Gasteiger partial charge on any atom is -0.473 e. The molecule has 1 saturated heterocycles. The monoisotopic (exact) mass is 731 g/mol. The second-order valence-corrected chi connectivity index (χ2v) is 15.5. The van der Waals surface area contributed by atoms with Crippen molar-refractivity contribution < 1.29 is 23.4 Å². The Bertz CT molecular complexity index is 2110. The predicted octanol–water partition coefficient (Wildman–Crippen LogP) is 8.91. The maximum atomic E-state index is 16.5. The van der Waals surface area contributed by atoms with Crippen LogP contribution in [0.25, 0.3) is 27.7 Å². The van der Waals surface area contributed by atoms with Gasteiger partial charge >= 0.3 is 6.09 Å². The molecule has 4 heterocycles. The van der Waals surface area contributed by atoms with Crippen LogP contribution in [0.4, 0.5) is 9.18 Å². The van der Waals surface area contributed by atoms with Gasteiger partial charge in [-0.1, -0.05) is 79.7 Å². The van der Waals surface area contributed by atoms with E-state index < -0.39 is 5.60 Å². The molecule has 0 bridgehead atoms. The lowest BCUT2D eigenvalue weighted by Gasteiger charge is -2.40. The molecule has 2 aliphatic heterocycles. The van der Waals surface area contributed by atoms with Gasteiger partial charge in [0.25, 0.3) is 0 Å².